The number of Topliss-reactive ketones (excluding diaryl/α,β-unsaturated/α-hetero) is 1. The second-order valence-corrected chi connectivity index (χ2v) is 7.46. The topological polar surface area (TPSA) is 20.3 Å². The molecule has 0 radical (unpaired) electrons. The average molecular weight is 297 g/mol. The number of likely N-dealkylation sites (tertiary alicyclic amines) is 1. The molecular weight excluding hydrogens is 270 g/mol. The number of piperidine rings is 1. The maximum absolute atomic E-state index is 13.0. The van der Waals surface area contributed by atoms with Crippen LogP contribution in [0.15, 0.2) is 30.3 Å². The summed E-state index contributed by atoms with van der Waals surface area (Å²) in [5, 5.41) is 0. The predicted octanol–water partition coefficient (Wildman–Crippen LogP) is 4.01. The van der Waals surface area contributed by atoms with Crippen molar-refractivity contribution in [3.05, 3.63) is 35.9 Å². The molecule has 1 aliphatic heterocycles. The van der Waals surface area contributed by atoms with Crippen molar-refractivity contribution in [2.24, 2.45) is 11.8 Å². The number of hydrogen-bond acceptors (Lipinski definition) is 2. The number of carbonyl (C=O) groups excluding carboxylic acids is 1. The largest absolute Gasteiger partial charge is 0.300 e. The molecule has 3 aliphatic rings. The van der Waals surface area contributed by atoms with E-state index in [0.717, 1.165) is 12.8 Å². The number of benzene rings is 1. The fourth-order valence-electron chi connectivity index (χ4n) is 5.21. The van der Waals surface area contributed by atoms with Crippen LogP contribution in [0.5, 0.6) is 0 Å². The van der Waals surface area contributed by atoms with E-state index in [1.54, 1.807) is 0 Å². The van der Waals surface area contributed by atoms with Crippen molar-refractivity contribution in [2.75, 3.05) is 13.1 Å². The van der Waals surface area contributed by atoms with E-state index in [9.17, 15) is 4.79 Å². The van der Waals surface area contributed by atoms with Crippen LogP contribution in [-0.4, -0.2) is 29.8 Å². The number of hydrogen-bond donors (Lipinski definition) is 0. The molecular formula is C20H27NO. The lowest BCUT2D eigenvalue weighted by Gasteiger charge is -2.49. The van der Waals surface area contributed by atoms with Gasteiger partial charge in [0.05, 0.1) is 0 Å². The number of rotatable bonds is 2. The molecule has 22 heavy (non-hydrogen) atoms. The Labute approximate surface area is 133 Å². The zero-order valence-electron chi connectivity index (χ0n) is 13.4. The molecule has 3 fully saturated rings. The number of ketones is 1. The van der Waals surface area contributed by atoms with Gasteiger partial charge in [-0.05, 0) is 56.7 Å². The summed E-state index contributed by atoms with van der Waals surface area (Å²) in [6.07, 6.45) is 8.69. The van der Waals surface area contributed by atoms with E-state index in [0.29, 0.717) is 29.6 Å². The summed E-state index contributed by atoms with van der Waals surface area (Å²) < 4.78 is 0. The van der Waals surface area contributed by atoms with Gasteiger partial charge >= 0.3 is 0 Å². The van der Waals surface area contributed by atoms with Gasteiger partial charge in [0.2, 0.25) is 0 Å². The zero-order chi connectivity index (χ0) is 14.9. The standard InChI is InChI=1S/C20H27NO/c22-20-16-10-7-11-17(20)19(21-12-5-2-6-13-21)14-18(16)15-8-3-1-4-9-15/h1,3-4,8-9,16-19H,2,5-7,10-14H2. The van der Waals surface area contributed by atoms with Crippen LogP contribution in [0.3, 0.4) is 0 Å². The fraction of sp³-hybridized carbons (Fsp3) is 0.650. The lowest BCUT2D eigenvalue weighted by atomic mass is 9.61. The molecule has 2 bridgehead atoms. The summed E-state index contributed by atoms with van der Waals surface area (Å²) in [5.74, 6) is 1.66. The Balaban J connectivity index is 1.63. The smallest absolute Gasteiger partial charge is 0.141 e. The summed E-state index contributed by atoms with van der Waals surface area (Å²) in [4.78, 5) is 15.7. The minimum atomic E-state index is 0.294. The highest BCUT2D eigenvalue weighted by atomic mass is 16.1. The van der Waals surface area contributed by atoms with E-state index in [2.05, 4.69) is 35.2 Å². The minimum Gasteiger partial charge on any atom is -0.300 e. The van der Waals surface area contributed by atoms with E-state index in [1.165, 1.54) is 50.8 Å². The van der Waals surface area contributed by atoms with Crippen LogP contribution >= 0.6 is 0 Å². The highest BCUT2D eigenvalue weighted by Gasteiger charge is 2.47. The van der Waals surface area contributed by atoms with Crippen molar-refractivity contribution in [1.29, 1.82) is 0 Å². The first-order chi connectivity index (χ1) is 10.8. The van der Waals surface area contributed by atoms with Gasteiger partial charge in [-0.25, -0.2) is 0 Å². The molecule has 0 N–H and O–H groups in total. The Bertz CT molecular complexity index is 520. The summed E-state index contributed by atoms with van der Waals surface area (Å²) in [5.41, 5.74) is 1.39. The van der Waals surface area contributed by atoms with Gasteiger partial charge in [0.15, 0.2) is 0 Å². The molecule has 0 spiro atoms. The Kier molecular flexibility index (Phi) is 4.04. The third kappa shape index (κ3) is 2.52. The first-order valence-electron chi connectivity index (χ1n) is 9.17. The molecule has 2 aliphatic carbocycles. The first kappa shape index (κ1) is 14.4. The Hall–Kier alpha value is -1.15. The molecule has 4 atom stereocenters. The summed E-state index contributed by atoms with van der Waals surface area (Å²) >= 11 is 0. The third-order valence-electron chi connectivity index (χ3n) is 6.29. The van der Waals surface area contributed by atoms with E-state index in [-0.39, 0.29) is 0 Å². The Morgan fingerprint density at radius 1 is 0.818 bits per heavy atom. The van der Waals surface area contributed by atoms with Crippen molar-refractivity contribution >= 4 is 5.78 Å². The van der Waals surface area contributed by atoms with E-state index >= 15 is 0 Å². The molecule has 2 saturated carbocycles. The van der Waals surface area contributed by atoms with Crippen molar-refractivity contribution in [3.8, 4) is 0 Å². The average Bonchev–Trinajstić information content (AvgIpc) is 2.57. The monoisotopic (exact) mass is 297 g/mol. The maximum atomic E-state index is 13.0. The van der Waals surface area contributed by atoms with Gasteiger partial charge in [-0.3, -0.25) is 9.69 Å². The SMILES string of the molecule is O=C1C2CCCC1C(N1CCCCC1)CC2c1ccccc1. The van der Waals surface area contributed by atoms with Crippen molar-refractivity contribution < 1.29 is 4.79 Å². The number of nitrogens with zero attached hydrogens (tertiary/aromatic N) is 1. The highest BCUT2D eigenvalue weighted by Crippen LogP contribution is 2.47. The van der Waals surface area contributed by atoms with Crippen molar-refractivity contribution in [1.82, 2.24) is 4.90 Å². The molecule has 4 rings (SSSR count). The molecule has 2 heteroatoms. The molecule has 0 amide bonds. The Morgan fingerprint density at radius 3 is 2.32 bits per heavy atom. The number of fused-ring (bicyclic) bond motifs is 2. The van der Waals surface area contributed by atoms with Crippen LogP contribution in [0.25, 0.3) is 0 Å². The van der Waals surface area contributed by atoms with E-state index < -0.39 is 0 Å². The summed E-state index contributed by atoms with van der Waals surface area (Å²) in [7, 11) is 0. The molecule has 1 aromatic rings. The van der Waals surface area contributed by atoms with Gasteiger partial charge in [-0.15, -0.1) is 0 Å². The van der Waals surface area contributed by atoms with Gasteiger partial charge in [0, 0.05) is 17.9 Å². The van der Waals surface area contributed by atoms with Gasteiger partial charge in [0.1, 0.15) is 5.78 Å². The quantitative estimate of drug-likeness (QED) is 0.822. The highest BCUT2D eigenvalue weighted by molar-refractivity contribution is 5.86. The molecule has 4 unspecified atom stereocenters. The third-order valence-corrected chi connectivity index (χ3v) is 6.29. The van der Waals surface area contributed by atoms with Gasteiger partial charge in [-0.1, -0.05) is 43.2 Å². The van der Waals surface area contributed by atoms with Crippen LogP contribution < -0.4 is 0 Å². The van der Waals surface area contributed by atoms with E-state index in [4.69, 9.17) is 0 Å². The summed E-state index contributed by atoms with van der Waals surface area (Å²) in [6, 6.07) is 11.3. The van der Waals surface area contributed by atoms with Gasteiger partial charge in [0.25, 0.3) is 0 Å². The molecule has 118 valence electrons. The molecule has 2 nitrogen and oxygen atoms in total. The van der Waals surface area contributed by atoms with Crippen LogP contribution in [0.1, 0.15) is 56.4 Å². The second kappa shape index (κ2) is 6.16. The fourth-order valence-corrected chi connectivity index (χ4v) is 5.21. The minimum absolute atomic E-state index is 0.294. The van der Waals surface area contributed by atoms with E-state index in [1.807, 2.05) is 0 Å². The molecule has 0 aromatic heterocycles. The second-order valence-electron chi connectivity index (χ2n) is 7.46. The van der Waals surface area contributed by atoms with Crippen molar-refractivity contribution in [3.63, 3.8) is 0 Å². The van der Waals surface area contributed by atoms with Crippen LogP contribution in [0.4, 0.5) is 0 Å². The zero-order valence-corrected chi connectivity index (χ0v) is 13.4. The maximum Gasteiger partial charge on any atom is 0.141 e. The number of carbonyl (C=O) groups is 1. The van der Waals surface area contributed by atoms with Gasteiger partial charge in [-0.2, -0.15) is 0 Å². The first-order valence-corrected chi connectivity index (χ1v) is 9.17. The van der Waals surface area contributed by atoms with Crippen LogP contribution in [-0.2, 0) is 4.79 Å². The van der Waals surface area contributed by atoms with Crippen LogP contribution in [0, 0.1) is 11.8 Å². The summed E-state index contributed by atoms with van der Waals surface area (Å²) in [6.45, 7) is 2.42. The lowest BCUT2D eigenvalue weighted by Crippen LogP contribution is -2.53. The molecule has 1 heterocycles. The normalized spacial score (nSPS) is 36.3. The predicted molar refractivity (Wildman–Crippen MR) is 88.9 cm³/mol. The van der Waals surface area contributed by atoms with Gasteiger partial charge < -0.3 is 0 Å². The molecule has 1 aromatic carbocycles. The van der Waals surface area contributed by atoms with Crippen LogP contribution in [0.2, 0.25) is 0 Å². The lowest BCUT2D eigenvalue weighted by molar-refractivity contribution is -0.137. The molecule has 1 saturated heterocycles. The Morgan fingerprint density at radius 2 is 1.55 bits per heavy atom. The van der Waals surface area contributed by atoms with Crippen molar-refractivity contribution in [2.45, 2.75) is 56.9 Å².